The first-order valence-electron chi connectivity index (χ1n) is 11.7. The number of hydrogen-bond acceptors (Lipinski definition) is 6. The first-order chi connectivity index (χ1) is 15.5. The highest BCUT2D eigenvalue weighted by molar-refractivity contribution is 7.17. The lowest BCUT2D eigenvalue weighted by Crippen LogP contribution is -2.48. The molecule has 0 atom stereocenters. The first kappa shape index (κ1) is 23.0. The van der Waals surface area contributed by atoms with E-state index in [1.807, 2.05) is 6.92 Å². The van der Waals surface area contributed by atoms with E-state index in [0.717, 1.165) is 64.0 Å². The molecule has 2 aliphatic rings. The minimum absolute atomic E-state index is 0.0542. The van der Waals surface area contributed by atoms with Crippen LogP contribution in [0.1, 0.15) is 51.7 Å². The van der Waals surface area contributed by atoms with Crippen molar-refractivity contribution in [3.63, 3.8) is 0 Å². The van der Waals surface area contributed by atoms with E-state index in [0.29, 0.717) is 23.7 Å². The van der Waals surface area contributed by atoms with Gasteiger partial charge < -0.3 is 10.1 Å². The Kier molecular flexibility index (Phi) is 7.60. The van der Waals surface area contributed by atoms with Gasteiger partial charge in [-0.15, -0.1) is 11.3 Å². The number of thiophene rings is 1. The molecule has 6 nitrogen and oxygen atoms in total. The van der Waals surface area contributed by atoms with E-state index in [9.17, 15) is 9.59 Å². The highest BCUT2D eigenvalue weighted by atomic mass is 32.1. The Morgan fingerprint density at radius 2 is 1.78 bits per heavy atom. The summed E-state index contributed by atoms with van der Waals surface area (Å²) in [6.07, 6.45) is 4.08. The number of aryl methyl sites for hydroxylation is 2. The molecule has 0 radical (unpaired) electrons. The predicted molar refractivity (Wildman–Crippen MR) is 128 cm³/mol. The lowest BCUT2D eigenvalue weighted by molar-refractivity contribution is -0.117. The molecule has 2 heterocycles. The number of ether oxygens (including phenoxy) is 1. The van der Waals surface area contributed by atoms with E-state index < -0.39 is 0 Å². The summed E-state index contributed by atoms with van der Waals surface area (Å²) in [5.74, 6) is -0.367. The van der Waals surface area contributed by atoms with Crippen molar-refractivity contribution in [1.29, 1.82) is 0 Å². The summed E-state index contributed by atoms with van der Waals surface area (Å²) in [4.78, 5) is 31.3. The Morgan fingerprint density at radius 3 is 2.53 bits per heavy atom. The predicted octanol–water partition coefficient (Wildman–Crippen LogP) is 3.87. The summed E-state index contributed by atoms with van der Waals surface area (Å²) < 4.78 is 5.29. The van der Waals surface area contributed by atoms with E-state index in [1.54, 1.807) is 11.3 Å². The van der Waals surface area contributed by atoms with E-state index in [4.69, 9.17) is 4.74 Å². The molecule has 0 unspecified atom stereocenters. The van der Waals surface area contributed by atoms with Gasteiger partial charge in [0, 0.05) is 37.6 Å². The van der Waals surface area contributed by atoms with Crippen LogP contribution in [0.3, 0.4) is 0 Å². The number of piperazine rings is 1. The number of carbonyl (C=O) groups excluding carboxylic acids is 2. The zero-order valence-electron chi connectivity index (χ0n) is 19.1. The third-order valence-electron chi connectivity index (χ3n) is 6.39. The van der Waals surface area contributed by atoms with Crippen LogP contribution in [0.2, 0.25) is 0 Å². The average Bonchev–Trinajstić information content (AvgIpc) is 3.14. The fraction of sp³-hybridized carbons (Fsp3) is 0.520. The molecule has 0 bridgehead atoms. The summed E-state index contributed by atoms with van der Waals surface area (Å²) in [5, 5.41) is 3.70. The minimum atomic E-state index is -0.313. The van der Waals surface area contributed by atoms with Crippen LogP contribution in [0.4, 0.5) is 5.00 Å². The molecular weight excluding hydrogens is 422 g/mol. The Hall–Kier alpha value is -2.22. The number of esters is 1. The summed E-state index contributed by atoms with van der Waals surface area (Å²) >= 11 is 1.55. The van der Waals surface area contributed by atoms with Crippen molar-refractivity contribution < 1.29 is 14.3 Å². The number of nitrogens with one attached hydrogen (secondary N) is 1. The van der Waals surface area contributed by atoms with Crippen molar-refractivity contribution in [2.75, 3.05) is 44.6 Å². The minimum Gasteiger partial charge on any atom is -0.462 e. The summed E-state index contributed by atoms with van der Waals surface area (Å²) in [5.41, 5.74) is 4.36. The van der Waals surface area contributed by atoms with Crippen LogP contribution in [0.15, 0.2) is 24.3 Å². The number of rotatable bonds is 7. The number of nitrogens with zero attached hydrogens (tertiary/aromatic N) is 2. The van der Waals surface area contributed by atoms with E-state index in [1.165, 1.54) is 16.0 Å². The third kappa shape index (κ3) is 5.39. The molecule has 0 saturated carbocycles. The fourth-order valence-electron chi connectivity index (χ4n) is 4.58. The van der Waals surface area contributed by atoms with Crippen LogP contribution in [-0.4, -0.2) is 61.0 Å². The van der Waals surface area contributed by atoms with Gasteiger partial charge in [-0.05, 0) is 56.2 Å². The van der Waals surface area contributed by atoms with E-state index >= 15 is 0 Å². The van der Waals surface area contributed by atoms with Crippen molar-refractivity contribution in [2.45, 2.75) is 46.1 Å². The zero-order chi connectivity index (χ0) is 22.5. The fourth-order valence-corrected chi connectivity index (χ4v) is 5.87. The highest BCUT2D eigenvalue weighted by Crippen LogP contribution is 2.38. The molecule has 1 aliphatic heterocycles. The van der Waals surface area contributed by atoms with Crippen molar-refractivity contribution >= 4 is 28.2 Å². The quantitative estimate of drug-likeness (QED) is 0.643. The monoisotopic (exact) mass is 455 g/mol. The molecule has 32 heavy (non-hydrogen) atoms. The van der Waals surface area contributed by atoms with Crippen molar-refractivity contribution in [1.82, 2.24) is 9.80 Å². The molecule has 7 heteroatoms. The lowest BCUT2D eigenvalue weighted by atomic mass is 9.95. The lowest BCUT2D eigenvalue weighted by Gasteiger charge is -2.34. The molecule has 1 aliphatic carbocycles. The Bertz CT molecular complexity index is 963. The normalized spacial score (nSPS) is 17.1. The topological polar surface area (TPSA) is 61.9 Å². The smallest absolute Gasteiger partial charge is 0.341 e. The van der Waals surface area contributed by atoms with Crippen LogP contribution in [0, 0.1) is 6.92 Å². The molecule has 1 amide bonds. The van der Waals surface area contributed by atoms with Gasteiger partial charge in [-0.3, -0.25) is 14.6 Å². The second-order valence-electron chi connectivity index (χ2n) is 8.66. The number of benzene rings is 1. The number of hydrogen-bond donors (Lipinski definition) is 1. The van der Waals surface area contributed by atoms with Gasteiger partial charge in [0.25, 0.3) is 0 Å². The number of fused-ring (bicyclic) bond motifs is 1. The molecule has 1 fully saturated rings. The Labute approximate surface area is 194 Å². The van der Waals surface area contributed by atoms with E-state index in [2.05, 4.69) is 46.3 Å². The summed E-state index contributed by atoms with van der Waals surface area (Å²) in [6, 6.07) is 8.52. The second kappa shape index (κ2) is 10.6. The summed E-state index contributed by atoms with van der Waals surface area (Å²) in [6.45, 7) is 9.24. The third-order valence-corrected chi connectivity index (χ3v) is 7.60. The van der Waals surface area contributed by atoms with Gasteiger partial charge in [-0.2, -0.15) is 0 Å². The molecular formula is C25H33N3O3S. The number of anilines is 1. The standard InChI is InChI=1S/C25H33N3O3S/c1-3-31-25(30)23-20-10-6-7-11-21(20)32-24(23)26-22(29)17-28-14-12-27(13-15-28)16-19-9-5-4-8-18(19)2/h4-5,8-9H,3,6-7,10-17H2,1-2H3,(H,26,29). The first-order valence-corrected chi connectivity index (χ1v) is 12.5. The maximum Gasteiger partial charge on any atom is 0.341 e. The van der Waals surface area contributed by atoms with Gasteiger partial charge in [0.05, 0.1) is 18.7 Å². The summed E-state index contributed by atoms with van der Waals surface area (Å²) in [7, 11) is 0. The van der Waals surface area contributed by atoms with Gasteiger partial charge in [-0.1, -0.05) is 24.3 Å². The molecule has 1 aromatic heterocycles. The molecule has 172 valence electrons. The van der Waals surface area contributed by atoms with Crippen LogP contribution >= 0.6 is 11.3 Å². The van der Waals surface area contributed by atoms with Crippen molar-refractivity contribution in [2.24, 2.45) is 0 Å². The van der Waals surface area contributed by atoms with Crippen LogP contribution in [0.5, 0.6) is 0 Å². The molecule has 4 rings (SSSR count). The Morgan fingerprint density at radius 1 is 1.06 bits per heavy atom. The number of amides is 1. The average molecular weight is 456 g/mol. The molecule has 0 spiro atoms. The van der Waals surface area contributed by atoms with Gasteiger partial charge in [0.15, 0.2) is 0 Å². The zero-order valence-corrected chi connectivity index (χ0v) is 19.9. The maximum absolute atomic E-state index is 12.8. The highest BCUT2D eigenvalue weighted by Gasteiger charge is 2.28. The van der Waals surface area contributed by atoms with Crippen molar-refractivity contribution in [3.8, 4) is 0 Å². The van der Waals surface area contributed by atoms with Gasteiger partial charge in [0.2, 0.25) is 5.91 Å². The molecule has 1 N–H and O–H groups in total. The second-order valence-corrected chi connectivity index (χ2v) is 9.77. The van der Waals surface area contributed by atoms with Crippen LogP contribution < -0.4 is 5.32 Å². The van der Waals surface area contributed by atoms with Gasteiger partial charge >= 0.3 is 5.97 Å². The van der Waals surface area contributed by atoms with E-state index in [-0.39, 0.29) is 11.9 Å². The van der Waals surface area contributed by atoms with Crippen LogP contribution in [-0.2, 0) is 28.9 Å². The van der Waals surface area contributed by atoms with Gasteiger partial charge in [-0.25, -0.2) is 4.79 Å². The number of carbonyl (C=O) groups is 2. The Balaban J connectivity index is 1.33. The van der Waals surface area contributed by atoms with Gasteiger partial charge in [0.1, 0.15) is 5.00 Å². The maximum atomic E-state index is 12.8. The van der Waals surface area contributed by atoms with Crippen LogP contribution in [0.25, 0.3) is 0 Å². The molecule has 1 aromatic carbocycles. The largest absolute Gasteiger partial charge is 0.462 e. The molecule has 1 saturated heterocycles. The molecule has 2 aromatic rings. The van der Waals surface area contributed by atoms with Crippen molar-refractivity contribution in [3.05, 3.63) is 51.4 Å². The SMILES string of the molecule is CCOC(=O)c1c(NC(=O)CN2CCN(Cc3ccccc3C)CC2)sc2c1CCCC2.